The zero-order valence-corrected chi connectivity index (χ0v) is 14.7. The number of benzene rings is 1. The highest BCUT2D eigenvalue weighted by Crippen LogP contribution is 2.24. The van der Waals surface area contributed by atoms with Gasteiger partial charge in [-0.1, -0.05) is 18.5 Å². The second-order valence-corrected chi connectivity index (χ2v) is 6.62. The first-order valence-corrected chi connectivity index (χ1v) is 8.93. The summed E-state index contributed by atoms with van der Waals surface area (Å²) in [5.74, 6) is 0.854. The van der Waals surface area contributed by atoms with Gasteiger partial charge in [0.2, 0.25) is 0 Å². The number of amides is 1. The monoisotopic (exact) mass is 346 g/mol. The summed E-state index contributed by atoms with van der Waals surface area (Å²) < 4.78 is 5.69. The molecule has 1 aromatic carbocycles. The van der Waals surface area contributed by atoms with Crippen LogP contribution >= 0.6 is 11.6 Å². The molecule has 3 rings (SSSR count). The quantitative estimate of drug-likeness (QED) is 0.852. The van der Waals surface area contributed by atoms with Crippen LogP contribution in [0.3, 0.4) is 0 Å². The van der Waals surface area contributed by atoms with E-state index in [9.17, 15) is 4.79 Å². The van der Waals surface area contributed by atoms with Crippen molar-refractivity contribution in [1.29, 1.82) is 0 Å². The zero-order chi connectivity index (χ0) is 16.9. The van der Waals surface area contributed by atoms with Gasteiger partial charge in [-0.3, -0.25) is 9.69 Å². The Morgan fingerprint density at radius 3 is 2.58 bits per heavy atom. The molecule has 1 fully saturated rings. The summed E-state index contributed by atoms with van der Waals surface area (Å²) in [5.41, 5.74) is 0.905. The van der Waals surface area contributed by atoms with E-state index in [-0.39, 0.29) is 5.91 Å². The van der Waals surface area contributed by atoms with Crippen LogP contribution in [0, 0.1) is 0 Å². The van der Waals surface area contributed by atoms with Gasteiger partial charge in [0.15, 0.2) is 5.76 Å². The third-order valence-corrected chi connectivity index (χ3v) is 4.84. The fraction of sp³-hybridized carbons (Fsp3) is 0.421. The van der Waals surface area contributed by atoms with E-state index in [0.717, 1.165) is 25.1 Å². The summed E-state index contributed by atoms with van der Waals surface area (Å²) in [6.45, 7) is 5.10. The summed E-state index contributed by atoms with van der Waals surface area (Å²) in [4.78, 5) is 14.8. The second-order valence-electron chi connectivity index (χ2n) is 6.19. The van der Waals surface area contributed by atoms with Gasteiger partial charge in [-0.15, -0.1) is 0 Å². The molecule has 1 aromatic heterocycles. The van der Waals surface area contributed by atoms with E-state index in [1.807, 2.05) is 18.2 Å². The van der Waals surface area contributed by atoms with Gasteiger partial charge in [-0.25, -0.2) is 0 Å². The molecular weight excluding hydrogens is 324 g/mol. The molecule has 1 aliphatic heterocycles. The van der Waals surface area contributed by atoms with E-state index in [1.165, 1.54) is 12.8 Å². The van der Waals surface area contributed by atoms with Gasteiger partial charge in [-0.05, 0) is 68.8 Å². The van der Waals surface area contributed by atoms with E-state index in [2.05, 4.69) is 17.1 Å². The largest absolute Gasteiger partial charge is 0.451 e. The van der Waals surface area contributed by atoms with E-state index in [1.54, 1.807) is 18.2 Å². The number of hydrogen-bond donors (Lipinski definition) is 1. The number of furan rings is 1. The molecule has 1 N–H and O–H groups in total. The number of hydrogen-bond acceptors (Lipinski definition) is 3. The van der Waals surface area contributed by atoms with Crippen LogP contribution in [0.2, 0.25) is 5.02 Å². The Morgan fingerprint density at radius 1 is 1.21 bits per heavy atom. The summed E-state index contributed by atoms with van der Waals surface area (Å²) in [5, 5.41) is 3.68. The molecule has 4 nitrogen and oxygen atoms in total. The third-order valence-electron chi connectivity index (χ3n) is 4.59. The number of halogens is 1. The Balaban J connectivity index is 1.60. The lowest BCUT2D eigenvalue weighted by Gasteiger charge is -2.26. The first-order chi connectivity index (χ1) is 11.7. The maximum Gasteiger partial charge on any atom is 0.287 e. The normalized spacial score (nSPS) is 16.2. The number of rotatable bonds is 6. The summed E-state index contributed by atoms with van der Waals surface area (Å²) in [6.07, 6.45) is 3.55. The molecule has 1 amide bonds. The van der Waals surface area contributed by atoms with E-state index >= 15 is 0 Å². The van der Waals surface area contributed by atoms with Crippen LogP contribution in [0.4, 0.5) is 0 Å². The van der Waals surface area contributed by atoms with Crippen LogP contribution in [0.1, 0.15) is 36.7 Å². The number of nitrogens with zero attached hydrogens (tertiary/aromatic N) is 1. The average Bonchev–Trinajstić information content (AvgIpc) is 3.28. The predicted octanol–water partition coefficient (Wildman–Crippen LogP) is 4.20. The number of nitrogens with one attached hydrogen (secondary N) is 1. The predicted molar refractivity (Wildman–Crippen MR) is 96.4 cm³/mol. The average molecular weight is 347 g/mol. The van der Waals surface area contributed by atoms with Crippen molar-refractivity contribution < 1.29 is 9.21 Å². The molecular formula is C19H23ClN2O2. The van der Waals surface area contributed by atoms with Crippen LogP contribution in [0.25, 0.3) is 11.3 Å². The van der Waals surface area contributed by atoms with Crippen LogP contribution in [-0.4, -0.2) is 36.5 Å². The van der Waals surface area contributed by atoms with Gasteiger partial charge in [0.25, 0.3) is 5.91 Å². The lowest BCUT2D eigenvalue weighted by atomic mass is 10.2. The van der Waals surface area contributed by atoms with Crippen molar-refractivity contribution in [2.24, 2.45) is 0 Å². The Morgan fingerprint density at radius 2 is 1.92 bits per heavy atom. The molecule has 1 saturated heterocycles. The van der Waals surface area contributed by atoms with Crippen LogP contribution < -0.4 is 5.32 Å². The molecule has 0 radical (unpaired) electrons. The summed E-state index contributed by atoms with van der Waals surface area (Å²) >= 11 is 5.89. The van der Waals surface area contributed by atoms with Crippen molar-refractivity contribution in [2.45, 2.75) is 32.2 Å². The molecule has 0 aliphatic carbocycles. The highest BCUT2D eigenvalue weighted by Gasteiger charge is 2.21. The van der Waals surface area contributed by atoms with Gasteiger partial charge in [0.1, 0.15) is 5.76 Å². The first kappa shape index (κ1) is 17.1. The van der Waals surface area contributed by atoms with Gasteiger partial charge >= 0.3 is 0 Å². The molecule has 5 heteroatoms. The Bertz CT molecular complexity index is 675. The van der Waals surface area contributed by atoms with Crippen molar-refractivity contribution in [1.82, 2.24) is 10.2 Å². The second kappa shape index (κ2) is 7.86. The minimum atomic E-state index is -0.159. The molecule has 0 bridgehead atoms. The summed E-state index contributed by atoms with van der Waals surface area (Å²) in [6, 6.07) is 11.3. The van der Waals surface area contributed by atoms with Crippen LogP contribution in [-0.2, 0) is 0 Å². The fourth-order valence-corrected chi connectivity index (χ4v) is 3.29. The van der Waals surface area contributed by atoms with Crippen molar-refractivity contribution in [3.05, 3.63) is 47.2 Å². The van der Waals surface area contributed by atoms with Gasteiger partial charge in [0, 0.05) is 23.2 Å². The van der Waals surface area contributed by atoms with Gasteiger partial charge in [0.05, 0.1) is 0 Å². The molecule has 0 unspecified atom stereocenters. The third kappa shape index (κ3) is 4.00. The number of likely N-dealkylation sites (tertiary alicyclic amines) is 1. The smallest absolute Gasteiger partial charge is 0.287 e. The minimum absolute atomic E-state index is 0.159. The van der Waals surface area contributed by atoms with Crippen molar-refractivity contribution in [3.8, 4) is 11.3 Å². The van der Waals surface area contributed by atoms with Crippen molar-refractivity contribution in [2.75, 3.05) is 19.6 Å². The highest BCUT2D eigenvalue weighted by molar-refractivity contribution is 6.30. The number of carbonyl (C=O) groups is 1. The maximum absolute atomic E-state index is 12.3. The SMILES string of the molecule is CC[C@@H](CNC(=O)c1ccc(-c2ccc(Cl)cc2)o1)N1CCCC1. The number of carbonyl (C=O) groups excluding carboxylic acids is 1. The van der Waals surface area contributed by atoms with Crippen molar-refractivity contribution in [3.63, 3.8) is 0 Å². The maximum atomic E-state index is 12.3. The van der Waals surface area contributed by atoms with E-state index in [4.69, 9.17) is 16.0 Å². The zero-order valence-electron chi connectivity index (χ0n) is 13.9. The minimum Gasteiger partial charge on any atom is -0.451 e. The lowest BCUT2D eigenvalue weighted by Crippen LogP contribution is -2.42. The topological polar surface area (TPSA) is 45.5 Å². The standard InChI is InChI=1S/C19H23ClN2O2/c1-2-16(22-11-3-4-12-22)13-21-19(23)18-10-9-17(24-18)14-5-7-15(20)8-6-14/h5-10,16H,2-4,11-13H2,1H3,(H,21,23)/t16-/m0/s1. The lowest BCUT2D eigenvalue weighted by molar-refractivity contribution is 0.0910. The van der Waals surface area contributed by atoms with E-state index in [0.29, 0.717) is 29.1 Å². The van der Waals surface area contributed by atoms with Crippen molar-refractivity contribution >= 4 is 17.5 Å². The first-order valence-electron chi connectivity index (χ1n) is 8.55. The summed E-state index contributed by atoms with van der Waals surface area (Å²) in [7, 11) is 0. The fourth-order valence-electron chi connectivity index (χ4n) is 3.17. The molecule has 1 atom stereocenters. The van der Waals surface area contributed by atoms with Gasteiger partial charge < -0.3 is 9.73 Å². The molecule has 2 heterocycles. The van der Waals surface area contributed by atoms with Crippen LogP contribution in [0.15, 0.2) is 40.8 Å². The Hall–Kier alpha value is -1.78. The molecule has 24 heavy (non-hydrogen) atoms. The van der Waals surface area contributed by atoms with Gasteiger partial charge in [-0.2, -0.15) is 0 Å². The Labute approximate surface area is 147 Å². The molecule has 0 saturated carbocycles. The molecule has 1 aliphatic rings. The van der Waals surface area contributed by atoms with Crippen LogP contribution in [0.5, 0.6) is 0 Å². The molecule has 128 valence electrons. The highest BCUT2D eigenvalue weighted by atomic mass is 35.5. The van der Waals surface area contributed by atoms with E-state index < -0.39 is 0 Å². The molecule has 2 aromatic rings. The Kier molecular flexibility index (Phi) is 5.59. The molecule has 0 spiro atoms.